The third kappa shape index (κ3) is 2.54. The molecule has 5 rings (SSSR count). The number of benzene rings is 1. The highest BCUT2D eigenvalue weighted by molar-refractivity contribution is 7.89. The highest BCUT2D eigenvalue weighted by atomic mass is 32.2. The summed E-state index contributed by atoms with van der Waals surface area (Å²) < 4.78 is 29.4. The van der Waals surface area contributed by atoms with Crippen molar-refractivity contribution in [2.75, 3.05) is 18.0 Å². The molecule has 2 fully saturated rings. The van der Waals surface area contributed by atoms with E-state index in [4.69, 9.17) is 9.88 Å². The molecule has 2 N–H and O–H groups in total. The SMILES string of the molecule is CC(C)N1CC23C=CC(O2)C(C(=O)N2CCc4cc(S(N)(=O)=O)ccc42)C3C1=O. The van der Waals surface area contributed by atoms with Crippen LogP contribution in [0.2, 0.25) is 0 Å². The molecular weight excluding hydrogens is 394 g/mol. The van der Waals surface area contributed by atoms with Crippen molar-refractivity contribution in [1.29, 1.82) is 0 Å². The predicted molar refractivity (Wildman–Crippen MR) is 104 cm³/mol. The van der Waals surface area contributed by atoms with Gasteiger partial charge in [-0.1, -0.05) is 12.2 Å². The first-order chi connectivity index (χ1) is 13.6. The van der Waals surface area contributed by atoms with Crippen molar-refractivity contribution in [2.24, 2.45) is 17.0 Å². The summed E-state index contributed by atoms with van der Waals surface area (Å²) in [5.74, 6) is -1.26. The van der Waals surface area contributed by atoms with Crippen molar-refractivity contribution in [3.8, 4) is 0 Å². The van der Waals surface area contributed by atoms with E-state index < -0.39 is 33.6 Å². The number of nitrogens with two attached hydrogens (primary N) is 1. The zero-order chi connectivity index (χ0) is 20.7. The van der Waals surface area contributed by atoms with Gasteiger partial charge >= 0.3 is 0 Å². The van der Waals surface area contributed by atoms with Gasteiger partial charge in [-0.3, -0.25) is 9.59 Å². The van der Waals surface area contributed by atoms with Gasteiger partial charge in [0.2, 0.25) is 21.8 Å². The Morgan fingerprint density at radius 3 is 2.79 bits per heavy atom. The zero-order valence-corrected chi connectivity index (χ0v) is 17.1. The van der Waals surface area contributed by atoms with E-state index in [1.807, 2.05) is 26.0 Å². The number of primary sulfonamides is 1. The minimum absolute atomic E-state index is 0.0332. The summed E-state index contributed by atoms with van der Waals surface area (Å²) in [7, 11) is -3.80. The van der Waals surface area contributed by atoms with Crippen molar-refractivity contribution in [1.82, 2.24) is 4.90 Å². The maximum absolute atomic E-state index is 13.5. The van der Waals surface area contributed by atoms with Gasteiger partial charge in [-0.05, 0) is 44.0 Å². The fourth-order valence-electron chi connectivity index (χ4n) is 5.21. The van der Waals surface area contributed by atoms with Crippen molar-refractivity contribution in [3.05, 3.63) is 35.9 Å². The van der Waals surface area contributed by atoms with Crippen LogP contribution in [0.25, 0.3) is 0 Å². The van der Waals surface area contributed by atoms with Gasteiger partial charge in [-0.15, -0.1) is 0 Å². The number of carbonyl (C=O) groups is 2. The third-order valence-corrected chi connectivity index (χ3v) is 7.49. The quantitative estimate of drug-likeness (QED) is 0.717. The van der Waals surface area contributed by atoms with Gasteiger partial charge in [-0.2, -0.15) is 0 Å². The fraction of sp³-hybridized carbons (Fsp3) is 0.500. The van der Waals surface area contributed by atoms with E-state index in [1.54, 1.807) is 15.9 Å². The zero-order valence-electron chi connectivity index (χ0n) is 16.2. The van der Waals surface area contributed by atoms with Gasteiger partial charge in [0.1, 0.15) is 5.60 Å². The molecule has 9 heteroatoms. The minimum Gasteiger partial charge on any atom is -0.360 e. The Morgan fingerprint density at radius 1 is 1.34 bits per heavy atom. The Morgan fingerprint density at radius 2 is 2.10 bits per heavy atom. The Labute approximate surface area is 169 Å². The van der Waals surface area contributed by atoms with Crippen LogP contribution in [0.1, 0.15) is 19.4 Å². The molecular formula is C20H23N3O5S. The molecule has 154 valence electrons. The molecule has 0 radical (unpaired) electrons. The van der Waals surface area contributed by atoms with Gasteiger partial charge in [0.15, 0.2) is 0 Å². The molecule has 2 bridgehead atoms. The normalized spacial score (nSPS) is 32.4. The molecule has 29 heavy (non-hydrogen) atoms. The van der Waals surface area contributed by atoms with Gasteiger partial charge in [0, 0.05) is 18.3 Å². The molecule has 1 spiro atoms. The number of fused-ring (bicyclic) bond motifs is 2. The highest BCUT2D eigenvalue weighted by Crippen LogP contribution is 2.53. The Kier molecular flexibility index (Phi) is 3.82. The monoisotopic (exact) mass is 417 g/mol. The lowest BCUT2D eigenvalue weighted by Gasteiger charge is -2.28. The van der Waals surface area contributed by atoms with Gasteiger partial charge < -0.3 is 14.5 Å². The standard InChI is InChI=1S/C20H23N3O5S/c1-11(2)23-10-20-7-5-15(28-20)16(17(20)19(23)25)18(24)22-8-6-12-9-13(29(21,26)27)3-4-14(12)22/h3-5,7,9,11,15-17H,6,8,10H2,1-2H3,(H2,21,26,27). The van der Waals surface area contributed by atoms with Crippen molar-refractivity contribution in [3.63, 3.8) is 0 Å². The second-order valence-electron chi connectivity index (χ2n) is 8.54. The predicted octanol–water partition coefficient (Wildman–Crippen LogP) is 0.414. The summed E-state index contributed by atoms with van der Waals surface area (Å²) in [5.41, 5.74) is 0.724. The molecule has 4 aliphatic heterocycles. The van der Waals surface area contributed by atoms with E-state index >= 15 is 0 Å². The smallest absolute Gasteiger partial charge is 0.238 e. The fourth-order valence-corrected chi connectivity index (χ4v) is 5.78. The van der Waals surface area contributed by atoms with Crippen LogP contribution >= 0.6 is 0 Å². The molecule has 4 aliphatic rings. The molecule has 0 aromatic heterocycles. The molecule has 1 aromatic carbocycles. The number of nitrogens with zero attached hydrogens (tertiary/aromatic N) is 2. The molecule has 4 heterocycles. The summed E-state index contributed by atoms with van der Waals surface area (Å²) in [5, 5.41) is 5.22. The van der Waals surface area contributed by atoms with Crippen LogP contribution in [0, 0.1) is 11.8 Å². The van der Waals surface area contributed by atoms with Gasteiger partial charge in [-0.25, -0.2) is 13.6 Å². The first-order valence-electron chi connectivity index (χ1n) is 9.77. The van der Waals surface area contributed by atoms with Crippen LogP contribution in [0.5, 0.6) is 0 Å². The summed E-state index contributed by atoms with van der Waals surface area (Å²) in [6.07, 6.45) is 3.99. The second-order valence-corrected chi connectivity index (χ2v) is 10.1. The third-order valence-electron chi connectivity index (χ3n) is 6.58. The number of rotatable bonds is 3. The lowest BCUT2D eigenvalue weighted by Crippen LogP contribution is -2.46. The summed E-state index contributed by atoms with van der Waals surface area (Å²) in [4.78, 5) is 30.1. The second kappa shape index (κ2) is 5.90. The summed E-state index contributed by atoms with van der Waals surface area (Å²) in [6.45, 7) is 4.83. The Bertz CT molecular complexity index is 1070. The number of ether oxygens (including phenoxy) is 1. The molecule has 0 saturated carbocycles. The maximum atomic E-state index is 13.5. The van der Waals surface area contributed by atoms with E-state index in [0.717, 1.165) is 5.56 Å². The average Bonchev–Trinajstić information content (AvgIpc) is 3.39. The average molecular weight is 417 g/mol. The maximum Gasteiger partial charge on any atom is 0.238 e. The number of anilines is 1. The number of carbonyl (C=O) groups excluding carboxylic acids is 2. The summed E-state index contributed by atoms with van der Waals surface area (Å²) >= 11 is 0. The molecule has 4 unspecified atom stereocenters. The van der Waals surface area contributed by atoms with Crippen LogP contribution in [0.3, 0.4) is 0 Å². The number of sulfonamides is 1. The van der Waals surface area contributed by atoms with Crippen LogP contribution in [0.4, 0.5) is 5.69 Å². The van der Waals surface area contributed by atoms with Crippen molar-refractivity contribution < 1.29 is 22.7 Å². The first-order valence-corrected chi connectivity index (χ1v) is 11.3. The minimum atomic E-state index is -3.80. The molecule has 4 atom stereocenters. The highest BCUT2D eigenvalue weighted by Gasteiger charge is 2.67. The molecule has 8 nitrogen and oxygen atoms in total. The van der Waals surface area contributed by atoms with E-state index in [1.165, 1.54) is 12.1 Å². The van der Waals surface area contributed by atoms with Gasteiger partial charge in [0.25, 0.3) is 0 Å². The van der Waals surface area contributed by atoms with Crippen LogP contribution in [-0.4, -0.2) is 56.0 Å². The first kappa shape index (κ1) is 18.8. The lowest BCUT2D eigenvalue weighted by atomic mass is 9.76. The Balaban J connectivity index is 1.48. The molecule has 0 aliphatic carbocycles. The topological polar surface area (TPSA) is 110 Å². The lowest BCUT2D eigenvalue weighted by molar-refractivity contribution is -0.137. The molecule has 1 aromatic rings. The number of hydrogen-bond donors (Lipinski definition) is 1. The van der Waals surface area contributed by atoms with Crippen LogP contribution in [0.15, 0.2) is 35.2 Å². The molecule has 2 saturated heterocycles. The van der Waals surface area contributed by atoms with E-state index in [-0.39, 0.29) is 22.8 Å². The van der Waals surface area contributed by atoms with E-state index in [2.05, 4.69) is 0 Å². The van der Waals surface area contributed by atoms with Gasteiger partial charge in [0.05, 0.1) is 29.4 Å². The van der Waals surface area contributed by atoms with E-state index in [9.17, 15) is 18.0 Å². The number of likely N-dealkylation sites (tertiary alicyclic amines) is 1. The Hall–Kier alpha value is -2.23. The largest absolute Gasteiger partial charge is 0.360 e. The number of amides is 2. The molecule has 2 amide bonds. The van der Waals surface area contributed by atoms with Crippen molar-refractivity contribution >= 4 is 27.5 Å². The van der Waals surface area contributed by atoms with E-state index in [0.29, 0.717) is 25.2 Å². The van der Waals surface area contributed by atoms with Crippen LogP contribution < -0.4 is 10.0 Å². The summed E-state index contributed by atoms with van der Waals surface area (Å²) in [6, 6.07) is 4.60. The number of hydrogen-bond acceptors (Lipinski definition) is 5. The van der Waals surface area contributed by atoms with Crippen LogP contribution in [-0.2, 0) is 30.8 Å². The van der Waals surface area contributed by atoms with Crippen molar-refractivity contribution in [2.45, 2.75) is 42.9 Å².